The van der Waals surface area contributed by atoms with Crippen molar-refractivity contribution in [2.24, 2.45) is 5.73 Å². The summed E-state index contributed by atoms with van der Waals surface area (Å²) in [6.07, 6.45) is 1.33. The van der Waals surface area contributed by atoms with E-state index in [2.05, 4.69) is 5.32 Å². The van der Waals surface area contributed by atoms with Gasteiger partial charge in [0.2, 0.25) is 0 Å². The summed E-state index contributed by atoms with van der Waals surface area (Å²) < 4.78 is 28.0. The van der Waals surface area contributed by atoms with Gasteiger partial charge in [0, 0.05) is 24.2 Å². The summed E-state index contributed by atoms with van der Waals surface area (Å²) >= 11 is 0. The maximum absolute atomic E-state index is 13.3. The Labute approximate surface area is 160 Å². The van der Waals surface area contributed by atoms with Gasteiger partial charge >= 0.3 is 0 Å². The highest BCUT2D eigenvalue weighted by Gasteiger charge is 2.36. The molecule has 1 amide bonds. The van der Waals surface area contributed by atoms with Crippen molar-refractivity contribution >= 4 is 21.6 Å². The Balaban J connectivity index is 1.87. The van der Waals surface area contributed by atoms with Crippen LogP contribution in [0, 0.1) is 0 Å². The third-order valence-electron chi connectivity index (χ3n) is 4.68. The van der Waals surface area contributed by atoms with Crippen molar-refractivity contribution in [1.29, 1.82) is 0 Å². The summed E-state index contributed by atoms with van der Waals surface area (Å²) in [7, 11) is -3.76. The van der Waals surface area contributed by atoms with E-state index in [0.29, 0.717) is 30.6 Å². The number of amides is 1. The van der Waals surface area contributed by atoms with Crippen LogP contribution in [0.3, 0.4) is 0 Å². The number of para-hydroxylation sites is 1. The minimum atomic E-state index is -3.76. The summed E-state index contributed by atoms with van der Waals surface area (Å²) in [5, 5.41) is 2.78. The second-order valence-electron chi connectivity index (χ2n) is 7.03. The second-order valence-corrected chi connectivity index (χ2v) is 8.85. The maximum atomic E-state index is 13.3. The van der Waals surface area contributed by atoms with E-state index in [1.807, 2.05) is 38.1 Å². The number of sulfonamides is 1. The number of nitrogens with zero attached hydrogens (tertiary/aromatic N) is 1. The van der Waals surface area contributed by atoms with Crippen LogP contribution >= 0.6 is 0 Å². The fraction of sp³-hybridized carbons (Fsp3) is 0.350. The van der Waals surface area contributed by atoms with Crippen LogP contribution in [0.25, 0.3) is 0 Å². The molecular formula is C20H25N3O3S. The largest absolute Gasteiger partial charge is 0.352 e. The summed E-state index contributed by atoms with van der Waals surface area (Å²) in [6, 6.07) is 13.5. The SMILES string of the molecule is CC(N)CCNC(=O)c1cccc(S(=O)(=O)N2c3ccccc3CC2C)c1. The van der Waals surface area contributed by atoms with Gasteiger partial charge in [-0.2, -0.15) is 0 Å². The third-order valence-corrected chi connectivity index (χ3v) is 6.61. The lowest BCUT2D eigenvalue weighted by molar-refractivity contribution is 0.0952. The van der Waals surface area contributed by atoms with Crippen LogP contribution in [-0.4, -0.2) is 33.0 Å². The number of carbonyl (C=O) groups is 1. The van der Waals surface area contributed by atoms with E-state index in [9.17, 15) is 13.2 Å². The third kappa shape index (κ3) is 3.99. The molecule has 6 nitrogen and oxygen atoms in total. The van der Waals surface area contributed by atoms with Crippen molar-refractivity contribution in [2.45, 2.75) is 43.7 Å². The van der Waals surface area contributed by atoms with Gasteiger partial charge < -0.3 is 11.1 Å². The van der Waals surface area contributed by atoms with Gasteiger partial charge in [0.25, 0.3) is 15.9 Å². The highest BCUT2D eigenvalue weighted by atomic mass is 32.2. The first kappa shape index (κ1) is 19.4. The molecule has 0 fully saturated rings. The van der Waals surface area contributed by atoms with Crippen molar-refractivity contribution in [3.05, 3.63) is 59.7 Å². The topological polar surface area (TPSA) is 92.5 Å². The van der Waals surface area contributed by atoms with Crippen LogP contribution < -0.4 is 15.4 Å². The Morgan fingerprint density at radius 2 is 2.00 bits per heavy atom. The number of hydrogen-bond donors (Lipinski definition) is 2. The molecule has 3 N–H and O–H groups in total. The number of benzene rings is 2. The van der Waals surface area contributed by atoms with Crippen molar-refractivity contribution in [3.63, 3.8) is 0 Å². The average Bonchev–Trinajstić information content (AvgIpc) is 2.97. The zero-order chi connectivity index (χ0) is 19.6. The van der Waals surface area contributed by atoms with Gasteiger partial charge in [-0.25, -0.2) is 8.42 Å². The quantitative estimate of drug-likeness (QED) is 0.795. The highest BCUT2D eigenvalue weighted by Crippen LogP contribution is 2.36. The smallest absolute Gasteiger partial charge is 0.264 e. The minimum absolute atomic E-state index is 0.00580. The molecule has 0 bridgehead atoms. The standard InChI is InChI=1S/C20H25N3O3S/c1-14(21)10-11-22-20(24)17-7-5-8-18(13-17)27(25,26)23-15(2)12-16-6-3-4-9-19(16)23/h3-9,13-15H,10-12,21H2,1-2H3,(H,22,24). The molecule has 0 spiro atoms. The van der Waals surface area contributed by atoms with Gasteiger partial charge in [0.15, 0.2) is 0 Å². The maximum Gasteiger partial charge on any atom is 0.264 e. The molecule has 0 saturated heterocycles. The molecule has 0 aliphatic carbocycles. The second kappa shape index (κ2) is 7.70. The molecule has 1 aliphatic rings. The van der Waals surface area contributed by atoms with E-state index in [0.717, 1.165) is 5.56 Å². The summed E-state index contributed by atoms with van der Waals surface area (Å²) in [5.41, 5.74) is 7.72. The van der Waals surface area contributed by atoms with E-state index in [4.69, 9.17) is 5.73 Å². The number of anilines is 1. The molecule has 2 unspecified atom stereocenters. The van der Waals surface area contributed by atoms with Crippen molar-refractivity contribution in [3.8, 4) is 0 Å². The molecular weight excluding hydrogens is 362 g/mol. The van der Waals surface area contributed by atoms with E-state index in [1.165, 1.54) is 16.4 Å². The number of fused-ring (bicyclic) bond motifs is 1. The minimum Gasteiger partial charge on any atom is -0.352 e. The molecule has 3 rings (SSSR count). The summed E-state index contributed by atoms with van der Waals surface area (Å²) in [4.78, 5) is 12.4. The number of hydrogen-bond acceptors (Lipinski definition) is 4. The van der Waals surface area contributed by atoms with Gasteiger partial charge in [-0.1, -0.05) is 24.3 Å². The number of nitrogens with two attached hydrogens (primary N) is 1. The first-order valence-electron chi connectivity index (χ1n) is 9.07. The Morgan fingerprint density at radius 1 is 1.26 bits per heavy atom. The lowest BCUT2D eigenvalue weighted by Gasteiger charge is -2.24. The van der Waals surface area contributed by atoms with Crippen LogP contribution in [-0.2, 0) is 16.4 Å². The van der Waals surface area contributed by atoms with Crippen LogP contribution in [0.5, 0.6) is 0 Å². The molecule has 0 saturated carbocycles. The zero-order valence-corrected chi connectivity index (χ0v) is 16.4. The predicted molar refractivity (Wildman–Crippen MR) is 106 cm³/mol. The van der Waals surface area contributed by atoms with Gasteiger partial charge in [-0.05, 0) is 56.5 Å². The van der Waals surface area contributed by atoms with Crippen molar-refractivity contribution < 1.29 is 13.2 Å². The summed E-state index contributed by atoms with van der Waals surface area (Å²) in [5.74, 6) is -0.303. The van der Waals surface area contributed by atoms with Crippen LogP contribution in [0.1, 0.15) is 36.2 Å². The molecule has 2 aromatic rings. The number of rotatable bonds is 6. The van der Waals surface area contributed by atoms with Gasteiger partial charge in [-0.3, -0.25) is 9.10 Å². The normalized spacial score (nSPS) is 17.4. The van der Waals surface area contributed by atoms with E-state index in [1.54, 1.807) is 12.1 Å². The Morgan fingerprint density at radius 3 is 2.74 bits per heavy atom. The van der Waals surface area contributed by atoms with Crippen molar-refractivity contribution in [2.75, 3.05) is 10.8 Å². The molecule has 1 aliphatic heterocycles. The molecule has 7 heteroatoms. The fourth-order valence-corrected chi connectivity index (χ4v) is 5.07. The van der Waals surface area contributed by atoms with E-state index in [-0.39, 0.29) is 22.9 Å². The lowest BCUT2D eigenvalue weighted by atomic mass is 10.1. The summed E-state index contributed by atoms with van der Waals surface area (Å²) in [6.45, 7) is 4.21. The number of nitrogens with one attached hydrogen (secondary N) is 1. The van der Waals surface area contributed by atoms with E-state index < -0.39 is 10.0 Å². The molecule has 27 heavy (non-hydrogen) atoms. The Bertz CT molecular complexity index is 941. The molecule has 0 aromatic heterocycles. The van der Waals surface area contributed by atoms with Crippen molar-refractivity contribution in [1.82, 2.24) is 5.32 Å². The predicted octanol–water partition coefficient (Wildman–Crippen LogP) is 2.29. The Hall–Kier alpha value is -2.38. The molecule has 2 aromatic carbocycles. The highest BCUT2D eigenvalue weighted by molar-refractivity contribution is 7.92. The zero-order valence-electron chi connectivity index (χ0n) is 15.6. The first-order chi connectivity index (χ1) is 12.8. The lowest BCUT2D eigenvalue weighted by Crippen LogP contribution is -2.36. The average molecular weight is 388 g/mol. The molecule has 0 radical (unpaired) electrons. The number of carbonyl (C=O) groups excluding carboxylic acids is 1. The first-order valence-corrected chi connectivity index (χ1v) is 10.5. The monoisotopic (exact) mass is 387 g/mol. The fourth-order valence-electron chi connectivity index (χ4n) is 3.33. The van der Waals surface area contributed by atoms with Gasteiger partial charge in [0.1, 0.15) is 0 Å². The Kier molecular flexibility index (Phi) is 5.53. The molecule has 144 valence electrons. The molecule has 2 atom stereocenters. The van der Waals surface area contributed by atoms with Crippen LogP contribution in [0.4, 0.5) is 5.69 Å². The van der Waals surface area contributed by atoms with Gasteiger partial charge in [0.05, 0.1) is 10.6 Å². The van der Waals surface area contributed by atoms with Crippen LogP contribution in [0.2, 0.25) is 0 Å². The van der Waals surface area contributed by atoms with Crippen LogP contribution in [0.15, 0.2) is 53.4 Å². The molecule has 1 heterocycles. The van der Waals surface area contributed by atoms with E-state index >= 15 is 0 Å². The van der Waals surface area contributed by atoms with Gasteiger partial charge in [-0.15, -0.1) is 0 Å².